The third-order valence-corrected chi connectivity index (χ3v) is 7.75. The van der Waals surface area contributed by atoms with Crippen molar-refractivity contribution < 1.29 is 0 Å². The van der Waals surface area contributed by atoms with Crippen molar-refractivity contribution in [1.29, 1.82) is 0 Å². The van der Waals surface area contributed by atoms with Crippen LogP contribution in [0.25, 0.3) is 11.0 Å². The molecule has 8 heteroatoms. The van der Waals surface area contributed by atoms with Gasteiger partial charge in [-0.25, -0.2) is 4.98 Å². The maximum atomic E-state index is 13.1. The van der Waals surface area contributed by atoms with Crippen LogP contribution >= 0.6 is 15.9 Å². The molecular weight excluding hydrogens is 468 g/mol. The fourth-order valence-electron chi connectivity index (χ4n) is 4.81. The lowest BCUT2D eigenvalue weighted by Crippen LogP contribution is -2.44. The number of likely N-dealkylation sites (N-methyl/N-ethyl adjacent to an activating group) is 1. The minimum Gasteiger partial charge on any atom is -0.369 e. The molecule has 0 atom stereocenters. The van der Waals surface area contributed by atoms with E-state index in [9.17, 15) is 4.79 Å². The van der Waals surface area contributed by atoms with E-state index in [4.69, 9.17) is 4.98 Å². The van der Waals surface area contributed by atoms with Gasteiger partial charge >= 0.3 is 0 Å². The minimum atomic E-state index is 0.00285. The summed E-state index contributed by atoms with van der Waals surface area (Å²) in [6.07, 6.45) is 6.17. The van der Waals surface area contributed by atoms with Crippen molar-refractivity contribution in [3.63, 3.8) is 0 Å². The van der Waals surface area contributed by atoms with Crippen LogP contribution < -0.4 is 15.8 Å². The number of halogens is 1. The summed E-state index contributed by atoms with van der Waals surface area (Å²) in [5, 5.41) is 4.24. The lowest BCUT2D eigenvalue weighted by Gasteiger charge is -2.34. The first-order chi connectivity index (χ1) is 15.5. The lowest BCUT2D eigenvalue weighted by molar-refractivity contribution is 0.313. The second kappa shape index (κ2) is 8.83. The summed E-state index contributed by atoms with van der Waals surface area (Å²) in [6.45, 7) is 6.21. The van der Waals surface area contributed by atoms with Crippen molar-refractivity contribution in [2.24, 2.45) is 0 Å². The smallest absolute Gasteiger partial charge is 0.267 e. The summed E-state index contributed by atoms with van der Waals surface area (Å²) in [4.78, 5) is 27.2. The molecule has 1 aliphatic carbocycles. The monoisotopic (exact) mass is 496 g/mol. The van der Waals surface area contributed by atoms with Crippen LogP contribution in [-0.4, -0.2) is 52.7 Å². The number of rotatable bonds is 4. The average Bonchev–Trinajstić information content (AvgIpc) is 3.33. The van der Waals surface area contributed by atoms with Crippen LogP contribution in [0.1, 0.15) is 37.3 Å². The summed E-state index contributed by atoms with van der Waals surface area (Å²) in [7, 11) is 2.17. The Morgan fingerprint density at radius 1 is 1.06 bits per heavy atom. The number of aryl methyl sites for hydroxylation is 1. The molecule has 1 N–H and O–H groups in total. The van der Waals surface area contributed by atoms with Crippen molar-refractivity contribution in [3.8, 4) is 0 Å². The van der Waals surface area contributed by atoms with Gasteiger partial charge < -0.3 is 15.1 Å². The van der Waals surface area contributed by atoms with E-state index < -0.39 is 0 Å². The number of nitrogens with zero attached hydrogens (tertiary/aromatic N) is 5. The second-order valence-corrected chi connectivity index (χ2v) is 9.74. The minimum absolute atomic E-state index is 0.00285. The maximum absolute atomic E-state index is 13.1. The highest BCUT2D eigenvalue weighted by molar-refractivity contribution is 9.10. The van der Waals surface area contributed by atoms with Crippen LogP contribution in [0.4, 0.5) is 17.3 Å². The molecule has 5 rings (SSSR count). The Bertz CT molecular complexity index is 1180. The highest BCUT2D eigenvalue weighted by Crippen LogP contribution is 2.32. The normalized spacial score (nSPS) is 17.9. The van der Waals surface area contributed by atoms with Crippen molar-refractivity contribution in [3.05, 3.63) is 50.9 Å². The van der Waals surface area contributed by atoms with Gasteiger partial charge in [0.25, 0.3) is 5.56 Å². The standard InChI is InChI=1S/C24H29BrN6O/c1-16-20-15-26-24(28-22(20)31(23(32)21(16)25)19-5-3-4-6-19)27-17-7-9-18(10-8-17)30-13-11-29(2)12-14-30/h7-10,15,19H,3-6,11-14H2,1-2H3,(H,26,27,28). The van der Waals surface area contributed by atoms with E-state index in [1.165, 1.54) is 5.69 Å². The SMILES string of the molecule is Cc1c(Br)c(=O)n(C2CCCC2)c2nc(Nc3ccc(N4CCN(C)CC4)cc3)ncc12. The number of hydrogen-bond donors (Lipinski definition) is 1. The van der Waals surface area contributed by atoms with E-state index in [2.05, 4.69) is 67.3 Å². The lowest BCUT2D eigenvalue weighted by atomic mass is 10.1. The van der Waals surface area contributed by atoms with Gasteiger partial charge in [-0.05, 0) is 72.6 Å². The van der Waals surface area contributed by atoms with Gasteiger partial charge in [0.15, 0.2) is 0 Å². The Morgan fingerprint density at radius 3 is 2.44 bits per heavy atom. The Labute approximate surface area is 196 Å². The predicted octanol–water partition coefficient (Wildman–Crippen LogP) is 4.47. The molecule has 32 heavy (non-hydrogen) atoms. The molecule has 0 bridgehead atoms. The molecule has 2 aromatic heterocycles. The van der Waals surface area contributed by atoms with Crippen LogP contribution in [0.2, 0.25) is 0 Å². The molecular formula is C24H29BrN6O. The first-order valence-electron chi connectivity index (χ1n) is 11.4. The fourth-order valence-corrected chi connectivity index (χ4v) is 5.22. The predicted molar refractivity (Wildman–Crippen MR) is 133 cm³/mol. The third-order valence-electron chi connectivity index (χ3n) is 6.82. The zero-order valence-electron chi connectivity index (χ0n) is 18.6. The first kappa shape index (κ1) is 21.4. The summed E-state index contributed by atoms with van der Waals surface area (Å²) in [5.41, 5.74) is 3.78. The van der Waals surface area contributed by atoms with E-state index in [0.717, 1.165) is 68.5 Å². The number of fused-ring (bicyclic) bond motifs is 1. The van der Waals surface area contributed by atoms with Crippen molar-refractivity contribution >= 4 is 44.3 Å². The van der Waals surface area contributed by atoms with E-state index in [1.54, 1.807) is 0 Å². The molecule has 0 spiro atoms. The average molecular weight is 497 g/mol. The molecule has 2 aliphatic rings. The van der Waals surface area contributed by atoms with Crippen LogP contribution in [0.15, 0.2) is 39.7 Å². The first-order valence-corrected chi connectivity index (χ1v) is 12.2. The van der Waals surface area contributed by atoms with Gasteiger partial charge in [-0.15, -0.1) is 0 Å². The van der Waals surface area contributed by atoms with Gasteiger partial charge in [0.05, 0.1) is 4.47 Å². The van der Waals surface area contributed by atoms with Gasteiger partial charge in [0.2, 0.25) is 5.95 Å². The molecule has 1 aromatic carbocycles. The zero-order valence-corrected chi connectivity index (χ0v) is 20.2. The van der Waals surface area contributed by atoms with Crippen molar-refractivity contribution in [2.45, 2.75) is 38.6 Å². The fraction of sp³-hybridized carbons (Fsp3) is 0.458. The van der Waals surface area contributed by atoms with Gasteiger partial charge in [-0.2, -0.15) is 4.98 Å². The zero-order chi connectivity index (χ0) is 22.2. The molecule has 2 fully saturated rings. The Morgan fingerprint density at radius 2 is 1.75 bits per heavy atom. The quantitative estimate of drug-likeness (QED) is 0.574. The summed E-state index contributed by atoms with van der Waals surface area (Å²) in [6, 6.07) is 8.62. The van der Waals surface area contributed by atoms with E-state index in [-0.39, 0.29) is 11.6 Å². The highest BCUT2D eigenvalue weighted by Gasteiger charge is 2.24. The molecule has 0 amide bonds. The van der Waals surface area contributed by atoms with Gasteiger partial charge in [0.1, 0.15) is 5.65 Å². The largest absolute Gasteiger partial charge is 0.369 e. The number of benzene rings is 1. The molecule has 1 aliphatic heterocycles. The van der Waals surface area contributed by atoms with Crippen molar-refractivity contribution in [1.82, 2.24) is 19.4 Å². The molecule has 7 nitrogen and oxygen atoms in total. The summed E-state index contributed by atoms with van der Waals surface area (Å²) in [5.74, 6) is 0.512. The third kappa shape index (κ3) is 4.01. The number of anilines is 3. The number of aromatic nitrogens is 3. The molecule has 3 heterocycles. The summed E-state index contributed by atoms with van der Waals surface area (Å²) < 4.78 is 2.49. The van der Waals surface area contributed by atoms with E-state index in [1.807, 2.05) is 17.7 Å². The Hall–Kier alpha value is -2.45. The molecule has 168 valence electrons. The van der Waals surface area contributed by atoms with E-state index in [0.29, 0.717) is 16.1 Å². The second-order valence-electron chi connectivity index (χ2n) is 8.95. The molecule has 0 radical (unpaired) electrons. The Kier molecular flexibility index (Phi) is 5.90. The van der Waals surface area contributed by atoms with E-state index >= 15 is 0 Å². The summed E-state index contributed by atoms with van der Waals surface area (Å²) >= 11 is 3.50. The number of pyridine rings is 1. The van der Waals surface area contributed by atoms with Gasteiger partial charge in [-0.3, -0.25) is 9.36 Å². The number of hydrogen-bond acceptors (Lipinski definition) is 6. The van der Waals surface area contributed by atoms with Crippen LogP contribution in [0, 0.1) is 6.92 Å². The number of piperazine rings is 1. The maximum Gasteiger partial charge on any atom is 0.267 e. The van der Waals surface area contributed by atoms with Crippen LogP contribution in [0.5, 0.6) is 0 Å². The number of nitrogens with one attached hydrogen (secondary N) is 1. The topological polar surface area (TPSA) is 66.3 Å². The van der Waals surface area contributed by atoms with Crippen LogP contribution in [-0.2, 0) is 0 Å². The van der Waals surface area contributed by atoms with Gasteiger partial charge in [-0.1, -0.05) is 12.8 Å². The molecule has 1 saturated carbocycles. The molecule has 0 unspecified atom stereocenters. The molecule has 3 aromatic rings. The molecule has 1 saturated heterocycles. The van der Waals surface area contributed by atoms with Crippen molar-refractivity contribution in [2.75, 3.05) is 43.4 Å². The Balaban J connectivity index is 1.44. The van der Waals surface area contributed by atoms with Crippen LogP contribution in [0.3, 0.4) is 0 Å². The highest BCUT2D eigenvalue weighted by atomic mass is 79.9. The van der Waals surface area contributed by atoms with Gasteiger partial charge in [0, 0.05) is 55.2 Å².